The molecule has 9 heteroatoms. The first-order chi connectivity index (χ1) is 17.4. The number of aromatic nitrogens is 5. The van der Waals surface area contributed by atoms with Crippen LogP contribution >= 0.6 is 0 Å². The van der Waals surface area contributed by atoms with Crippen molar-refractivity contribution in [1.82, 2.24) is 29.7 Å². The highest BCUT2D eigenvalue weighted by Crippen LogP contribution is 2.46. The Kier molecular flexibility index (Phi) is 5.25. The predicted octanol–water partition coefficient (Wildman–Crippen LogP) is 3.27. The van der Waals surface area contributed by atoms with Gasteiger partial charge in [0.2, 0.25) is 5.91 Å². The van der Waals surface area contributed by atoms with Crippen LogP contribution in [0.5, 0.6) is 0 Å². The Morgan fingerprint density at radius 1 is 1.11 bits per heavy atom. The molecule has 4 aromatic rings. The van der Waals surface area contributed by atoms with Gasteiger partial charge in [-0.15, -0.1) is 0 Å². The zero-order valence-electron chi connectivity index (χ0n) is 20.6. The molecule has 182 valence electrons. The molecule has 9 nitrogen and oxygen atoms in total. The zero-order valence-corrected chi connectivity index (χ0v) is 20.6. The fraction of sp³-hybridized carbons (Fsp3) is 0.370. The number of hydrogen-bond acceptors (Lipinski definition) is 6. The number of pyridine rings is 2. The first-order valence-electron chi connectivity index (χ1n) is 12.3. The first kappa shape index (κ1) is 22.3. The molecule has 2 atom stereocenters. The summed E-state index contributed by atoms with van der Waals surface area (Å²) in [6.07, 6.45) is 9.75. The minimum Gasteiger partial charge on any atom is -0.356 e. The third kappa shape index (κ3) is 3.88. The molecule has 36 heavy (non-hydrogen) atoms. The molecule has 1 saturated carbocycles. The number of nitrogens with one attached hydrogen (secondary N) is 1. The number of carbonyl (C=O) groups is 1. The Balaban J connectivity index is 1.23. The SMILES string of the molecule is CC(C)CC(=O)NC1C2CN(c3ccc(-c4cc(-c5cnn(C)c5)cn5ncc(C#N)c45)cn3)CC21. The van der Waals surface area contributed by atoms with Crippen LogP contribution < -0.4 is 10.2 Å². The van der Waals surface area contributed by atoms with Gasteiger partial charge < -0.3 is 10.2 Å². The number of aryl methyl sites for hydroxylation is 1. The van der Waals surface area contributed by atoms with Crippen molar-refractivity contribution in [2.24, 2.45) is 24.8 Å². The van der Waals surface area contributed by atoms with Crippen LogP contribution in [0.3, 0.4) is 0 Å². The summed E-state index contributed by atoms with van der Waals surface area (Å²) in [4.78, 5) is 19.2. The van der Waals surface area contributed by atoms with Crippen LogP contribution in [-0.4, -0.2) is 49.4 Å². The van der Waals surface area contributed by atoms with Crippen LogP contribution in [0, 0.1) is 29.1 Å². The number of amides is 1. The van der Waals surface area contributed by atoms with E-state index in [0.29, 0.717) is 35.8 Å². The van der Waals surface area contributed by atoms with Crippen LogP contribution in [0.4, 0.5) is 5.82 Å². The normalized spacial score (nSPS) is 20.5. The van der Waals surface area contributed by atoms with Gasteiger partial charge in [0.15, 0.2) is 0 Å². The Morgan fingerprint density at radius 3 is 2.56 bits per heavy atom. The number of hydrogen-bond donors (Lipinski definition) is 1. The Hall–Kier alpha value is -4.19. The molecule has 4 aromatic heterocycles. The van der Waals surface area contributed by atoms with Crippen LogP contribution in [0.15, 0.2) is 49.2 Å². The standard InChI is InChI=1S/C27H28N8O/c1-16(2)6-25(36)32-26-22-14-34(15-23(22)26)24-5-4-17(9-29-24)21-7-18(20-11-30-33(3)12-20)13-35-27(21)19(8-28)10-31-35/h4-5,7,9-13,16,22-23,26H,6,14-15H2,1-3H3,(H,32,36). The Morgan fingerprint density at radius 2 is 1.92 bits per heavy atom. The number of piperidine rings is 1. The maximum Gasteiger partial charge on any atom is 0.220 e. The lowest BCUT2D eigenvalue weighted by molar-refractivity contribution is -0.122. The molecular formula is C27H28N8O. The largest absolute Gasteiger partial charge is 0.356 e. The van der Waals surface area contributed by atoms with E-state index >= 15 is 0 Å². The van der Waals surface area contributed by atoms with Crippen LogP contribution in [0.2, 0.25) is 0 Å². The van der Waals surface area contributed by atoms with Gasteiger partial charge in [0, 0.05) is 85.3 Å². The van der Waals surface area contributed by atoms with Crippen molar-refractivity contribution in [3.8, 4) is 28.3 Å². The molecule has 0 spiro atoms. The molecular weight excluding hydrogens is 452 g/mol. The molecule has 5 heterocycles. The van der Waals surface area contributed by atoms with Crippen molar-refractivity contribution >= 4 is 17.2 Å². The molecule has 1 aliphatic heterocycles. The Bertz CT molecular complexity index is 1480. The highest BCUT2D eigenvalue weighted by atomic mass is 16.1. The summed E-state index contributed by atoms with van der Waals surface area (Å²) in [5.74, 6) is 2.48. The smallest absolute Gasteiger partial charge is 0.220 e. The van der Waals surface area contributed by atoms with Gasteiger partial charge in [-0.1, -0.05) is 13.8 Å². The topological polar surface area (TPSA) is 104 Å². The lowest BCUT2D eigenvalue weighted by Gasteiger charge is -2.21. The average molecular weight is 481 g/mol. The highest BCUT2D eigenvalue weighted by Gasteiger charge is 2.56. The number of anilines is 1. The van der Waals surface area contributed by atoms with Gasteiger partial charge in [-0.2, -0.15) is 15.5 Å². The molecule has 2 fully saturated rings. The van der Waals surface area contributed by atoms with Crippen molar-refractivity contribution in [3.63, 3.8) is 0 Å². The quantitative estimate of drug-likeness (QED) is 0.454. The molecule has 0 bridgehead atoms. The van der Waals surface area contributed by atoms with E-state index in [-0.39, 0.29) is 5.91 Å². The van der Waals surface area contributed by atoms with Gasteiger partial charge in [-0.3, -0.25) is 9.48 Å². The summed E-state index contributed by atoms with van der Waals surface area (Å²) in [5.41, 5.74) is 5.06. The van der Waals surface area contributed by atoms with E-state index in [1.54, 1.807) is 15.4 Å². The van der Waals surface area contributed by atoms with Crippen LogP contribution in [-0.2, 0) is 11.8 Å². The monoisotopic (exact) mass is 480 g/mol. The molecule has 1 N–H and O–H groups in total. The Labute approximate surface area is 209 Å². The molecule has 6 rings (SSSR count). The fourth-order valence-electron chi connectivity index (χ4n) is 5.43. The second-order valence-corrected chi connectivity index (χ2v) is 10.3. The average Bonchev–Trinajstić information content (AvgIpc) is 3.32. The molecule has 2 aliphatic rings. The number of nitriles is 1. The lowest BCUT2D eigenvalue weighted by atomic mass is 10.0. The molecule has 2 unspecified atom stereocenters. The highest BCUT2D eigenvalue weighted by molar-refractivity contribution is 5.87. The van der Waals surface area contributed by atoms with Crippen LogP contribution in [0.1, 0.15) is 25.8 Å². The number of nitrogens with zero attached hydrogens (tertiary/aromatic N) is 7. The zero-order chi connectivity index (χ0) is 25.0. The minimum atomic E-state index is 0.162. The van der Waals surface area contributed by atoms with E-state index in [4.69, 9.17) is 4.98 Å². The summed E-state index contributed by atoms with van der Waals surface area (Å²) < 4.78 is 3.52. The van der Waals surface area contributed by atoms with E-state index in [9.17, 15) is 10.1 Å². The number of fused-ring (bicyclic) bond motifs is 2. The molecule has 0 radical (unpaired) electrons. The second-order valence-electron chi connectivity index (χ2n) is 10.3. The predicted molar refractivity (Wildman–Crippen MR) is 136 cm³/mol. The molecule has 1 amide bonds. The van der Waals surface area contributed by atoms with Crippen molar-refractivity contribution in [2.45, 2.75) is 26.3 Å². The van der Waals surface area contributed by atoms with E-state index in [2.05, 4.69) is 52.5 Å². The van der Waals surface area contributed by atoms with Gasteiger partial charge in [0.1, 0.15) is 11.9 Å². The van der Waals surface area contributed by atoms with Gasteiger partial charge in [-0.05, 0) is 24.1 Å². The summed E-state index contributed by atoms with van der Waals surface area (Å²) in [6.45, 7) is 5.95. The van der Waals surface area contributed by atoms with Gasteiger partial charge in [0.05, 0.1) is 23.5 Å². The fourth-order valence-corrected chi connectivity index (χ4v) is 5.43. The summed E-state index contributed by atoms with van der Waals surface area (Å²) in [5, 5.41) is 21.6. The van der Waals surface area contributed by atoms with Gasteiger partial charge >= 0.3 is 0 Å². The number of rotatable bonds is 6. The summed E-state index contributed by atoms with van der Waals surface area (Å²) >= 11 is 0. The first-order valence-corrected chi connectivity index (χ1v) is 12.3. The van der Waals surface area contributed by atoms with Gasteiger partial charge in [-0.25, -0.2) is 9.50 Å². The third-order valence-corrected chi connectivity index (χ3v) is 7.27. The van der Waals surface area contributed by atoms with E-state index in [1.165, 1.54) is 0 Å². The third-order valence-electron chi connectivity index (χ3n) is 7.27. The summed E-state index contributed by atoms with van der Waals surface area (Å²) in [6, 6.07) is 8.74. The van der Waals surface area contributed by atoms with Crippen molar-refractivity contribution in [1.29, 1.82) is 5.26 Å². The van der Waals surface area contributed by atoms with Crippen LogP contribution in [0.25, 0.3) is 27.8 Å². The van der Waals surface area contributed by atoms with E-state index in [0.717, 1.165) is 46.7 Å². The maximum atomic E-state index is 12.1. The van der Waals surface area contributed by atoms with Crippen molar-refractivity contribution in [3.05, 3.63) is 54.7 Å². The molecule has 0 aromatic carbocycles. The van der Waals surface area contributed by atoms with E-state index < -0.39 is 0 Å². The number of carbonyl (C=O) groups excluding carboxylic acids is 1. The lowest BCUT2D eigenvalue weighted by Crippen LogP contribution is -2.35. The maximum absolute atomic E-state index is 12.1. The van der Waals surface area contributed by atoms with Gasteiger partial charge in [0.25, 0.3) is 0 Å². The summed E-state index contributed by atoms with van der Waals surface area (Å²) in [7, 11) is 1.89. The molecule has 1 aliphatic carbocycles. The molecule has 1 saturated heterocycles. The van der Waals surface area contributed by atoms with Crippen molar-refractivity contribution in [2.75, 3.05) is 18.0 Å². The minimum absolute atomic E-state index is 0.162. The van der Waals surface area contributed by atoms with Crippen molar-refractivity contribution < 1.29 is 4.79 Å². The second kappa shape index (κ2) is 8.48. The van der Waals surface area contributed by atoms with E-state index in [1.807, 2.05) is 37.9 Å².